The zero-order valence-electron chi connectivity index (χ0n) is 10.8. The number of ether oxygens (including phenoxy) is 1. The third kappa shape index (κ3) is 2.73. The summed E-state index contributed by atoms with van der Waals surface area (Å²) in [6, 6.07) is 3.46. The van der Waals surface area contributed by atoms with Gasteiger partial charge in [0.1, 0.15) is 11.3 Å². The molecule has 1 N–H and O–H groups in total. The Kier molecular flexibility index (Phi) is 4.09. The van der Waals surface area contributed by atoms with Crippen LogP contribution in [0.1, 0.15) is 19.8 Å². The number of aryl methyl sites for hydroxylation is 1. The molecular weight excluding hydrogens is 312 g/mol. The first kappa shape index (κ1) is 13.9. The van der Waals surface area contributed by atoms with Crippen LogP contribution in [0.5, 0.6) is 5.75 Å². The predicted molar refractivity (Wildman–Crippen MR) is 77.9 cm³/mol. The van der Waals surface area contributed by atoms with Crippen LogP contribution in [-0.4, -0.2) is 16.2 Å². The van der Waals surface area contributed by atoms with E-state index in [2.05, 4.69) is 27.8 Å². The highest BCUT2D eigenvalue weighted by molar-refractivity contribution is 9.10. The number of benzene rings is 1. The van der Waals surface area contributed by atoms with Crippen molar-refractivity contribution in [3.8, 4) is 5.75 Å². The van der Waals surface area contributed by atoms with Crippen LogP contribution < -0.4 is 16.0 Å². The second-order valence-corrected chi connectivity index (χ2v) is 5.24. The molecule has 1 aromatic heterocycles. The van der Waals surface area contributed by atoms with Crippen molar-refractivity contribution in [2.24, 2.45) is 7.05 Å². The van der Waals surface area contributed by atoms with E-state index in [0.29, 0.717) is 23.3 Å². The van der Waals surface area contributed by atoms with Gasteiger partial charge in [-0.05, 0) is 18.6 Å². The summed E-state index contributed by atoms with van der Waals surface area (Å²) >= 11 is 3.35. The van der Waals surface area contributed by atoms with E-state index in [1.54, 1.807) is 19.2 Å². The summed E-state index contributed by atoms with van der Waals surface area (Å²) < 4.78 is 7.83. The molecule has 0 aliphatic heterocycles. The lowest BCUT2D eigenvalue weighted by Crippen LogP contribution is -2.28. The molecule has 0 aliphatic carbocycles. The molecule has 0 saturated carbocycles. The Hall–Kier alpha value is -1.56. The lowest BCUT2D eigenvalue weighted by atomic mass is 10.2. The maximum atomic E-state index is 11.8. The standard InChI is InChI=1S/C13H15BrN2O3/c1-3-4-5-19-10-7-8(14)6-9-11(10)16(2)13(18)15-12(9)17/h6-7H,3-5H2,1-2H3,(H,15,17,18). The average Bonchev–Trinajstić information content (AvgIpc) is 2.36. The number of rotatable bonds is 4. The zero-order valence-corrected chi connectivity index (χ0v) is 12.4. The molecule has 0 atom stereocenters. The number of halogens is 1. The lowest BCUT2D eigenvalue weighted by Gasteiger charge is -2.12. The van der Waals surface area contributed by atoms with Crippen molar-refractivity contribution in [1.82, 2.24) is 9.55 Å². The fourth-order valence-corrected chi connectivity index (χ4v) is 2.32. The summed E-state index contributed by atoms with van der Waals surface area (Å²) in [7, 11) is 1.61. The van der Waals surface area contributed by atoms with Crippen molar-refractivity contribution in [3.05, 3.63) is 37.4 Å². The van der Waals surface area contributed by atoms with Crippen LogP contribution in [0.25, 0.3) is 10.9 Å². The minimum absolute atomic E-state index is 0.403. The molecule has 2 rings (SSSR count). The van der Waals surface area contributed by atoms with E-state index >= 15 is 0 Å². The Bertz CT molecular complexity index is 718. The van der Waals surface area contributed by atoms with Crippen molar-refractivity contribution < 1.29 is 4.74 Å². The number of H-pyrrole nitrogens is 1. The predicted octanol–water partition coefficient (Wildman–Crippen LogP) is 2.17. The summed E-state index contributed by atoms with van der Waals surface area (Å²) in [5.41, 5.74) is -0.326. The van der Waals surface area contributed by atoms with Crippen molar-refractivity contribution in [3.63, 3.8) is 0 Å². The monoisotopic (exact) mass is 326 g/mol. The zero-order chi connectivity index (χ0) is 14.0. The SMILES string of the molecule is CCCCOc1cc(Br)cc2c(=O)[nH]c(=O)n(C)c12. The summed E-state index contributed by atoms with van der Waals surface area (Å²) in [5.74, 6) is 0.545. The van der Waals surface area contributed by atoms with Crippen LogP contribution in [0.2, 0.25) is 0 Å². The van der Waals surface area contributed by atoms with Crippen molar-refractivity contribution in [1.29, 1.82) is 0 Å². The van der Waals surface area contributed by atoms with Gasteiger partial charge in [0, 0.05) is 11.5 Å². The van der Waals surface area contributed by atoms with E-state index in [1.165, 1.54) is 4.57 Å². The van der Waals surface area contributed by atoms with Crippen LogP contribution in [0, 0.1) is 0 Å². The average molecular weight is 327 g/mol. The van der Waals surface area contributed by atoms with Crippen molar-refractivity contribution in [2.45, 2.75) is 19.8 Å². The molecule has 1 heterocycles. The molecule has 2 aromatic rings. The van der Waals surface area contributed by atoms with Crippen molar-refractivity contribution in [2.75, 3.05) is 6.61 Å². The smallest absolute Gasteiger partial charge is 0.328 e. The first-order chi connectivity index (χ1) is 9.04. The van der Waals surface area contributed by atoms with Crippen LogP contribution in [0.15, 0.2) is 26.2 Å². The van der Waals surface area contributed by atoms with Gasteiger partial charge in [0.15, 0.2) is 0 Å². The molecule has 0 unspecified atom stereocenters. The fourth-order valence-electron chi connectivity index (χ4n) is 1.88. The highest BCUT2D eigenvalue weighted by Crippen LogP contribution is 2.27. The minimum Gasteiger partial charge on any atom is -0.491 e. The van der Waals surface area contributed by atoms with E-state index in [9.17, 15) is 9.59 Å². The number of aromatic amines is 1. The number of aromatic nitrogens is 2. The lowest BCUT2D eigenvalue weighted by molar-refractivity contribution is 0.311. The van der Waals surface area contributed by atoms with E-state index in [0.717, 1.165) is 17.3 Å². The molecule has 0 amide bonds. The molecule has 0 spiro atoms. The highest BCUT2D eigenvalue weighted by atomic mass is 79.9. The first-order valence-corrected chi connectivity index (χ1v) is 6.89. The van der Waals surface area contributed by atoms with Gasteiger partial charge < -0.3 is 4.74 Å². The number of unbranched alkanes of at least 4 members (excludes halogenated alkanes) is 1. The van der Waals surface area contributed by atoms with Crippen LogP contribution in [0.3, 0.4) is 0 Å². The molecule has 0 fully saturated rings. The molecule has 0 bridgehead atoms. The molecule has 102 valence electrons. The third-order valence-corrected chi connectivity index (χ3v) is 3.36. The van der Waals surface area contributed by atoms with Gasteiger partial charge in [0.25, 0.3) is 5.56 Å². The Balaban J connectivity index is 2.68. The second-order valence-electron chi connectivity index (χ2n) is 4.32. The minimum atomic E-state index is -0.444. The van der Waals surface area contributed by atoms with Gasteiger partial charge in [0.05, 0.1) is 12.0 Å². The highest BCUT2D eigenvalue weighted by Gasteiger charge is 2.11. The van der Waals surface area contributed by atoms with Gasteiger partial charge in [-0.3, -0.25) is 14.3 Å². The molecule has 6 heteroatoms. The molecule has 0 radical (unpaired) electrons. The maximum Gasteiger partial charge on any atom is 0.328 e. The van der Waals surface area contributed by atoms with E-state index in [-0.39, 0.29) is 0 Å². The molecule has 0 saturated heterocycles. The number of fused-ring (bicyclic) bond motifs is 1. The van der Waals surface area contributed by atoms with Gasteiger partial charge in [-0.15, -0.1) is 0 Å². The molecule has 5 nitrogen and oxygen atoms in total. The Morgan fingerprint density at radius 3 is 2.79 bits per heavy atom. The van der Waals surface area contributed by atoms with E-state index in [4.69, 9.17) is 4.74 Å². The number of hydrogen-bond acceptors (Lipinski definition) is 3. The van der Waals surface area contributed by atoms with Crippen LogP contribution in [0.4, 0.5) is 0 Å². The number of nitrogens with one attached hydrogen (secondary N) is 1. The van der Waals surface area contributed by atoms with Gasteiger partial charge in [-0.1, -0.05) is 29.3 Å². The van der Waals surface area contributed by atoms with Crippen molar-refractivity contribution >= 4 is 26.8 Å². The van der Waals surface area contributed by atoms with Gasteiger partial charge in [-0.2, -0.15) is 0 Å². The number of nitrogens with zero attached hydrogens (tertiary/aromatic N) is 1. The maximum absolute atomic E-state index is 11.8. The number of hydrogen-bond donors (Lipinski definition) is 1. The topological polar surface area (TPSA) is 64.1 Å². The van der Waals surface area contributed by atoms with Crippen LogP contribution in [-0.2, 0) is 7.05 Å². The summed E-state index contributed by atoms with van der Waals surface area (Å²) in [6.07, 6.45) is 1.94. The summed E-state index contributed by atoms with van der Waals surface area (Å²) in [5, 5.41) is 0.433. The Labute approximate surface area is 118 Å². The summed E-state index contributed by atoms with van der Waals surface area (Å²) in [4.78, 5) is 25.8. The van der Waals surface area contributed by atoms with Gasteiger partial charge >= 0.3 is 5.69 Å². The Morgan fingerprint density at radius 2 is 2.11 bits per heavy atom. The quantitative estimate of drug-likeness (QED) is 0.876. The molecule has 1 aromatic carbocycles. The molecular formula is C13H15BrN2O3. The van der Waals surface area contributed by atoms with Crippen LogP contribution >= 0.6 is 15.9 Å². The van der Waals surface area contributed by atoms with E-state index in [1.807, 2.05) is 0 Å². The third-order valence-electron chi connectivity index (χ3n) is 2.90. The first-order valence-electron chi connectivity index (χ1n) is 6.10. The summed E-state index contributed by atoms with van der Waals surface area (Å²) in [6.45, 7) is 2.63. The van der Waals surface area contributed by atoms with Gasteiger partial charge in [-0.25, -0.2) is 4.79 Å². The normalized spacial score (nSPS) is 10.9. The fraction of sp³-hybridized carbons (Fsp3) is 0.385. The van der Waals surface area contributed by atoms with Gasteiger partial charge in [0.2, 0.25) is 0 Å². The molecule has 19 heavy (non-hydrogen) atoms. The largest absolute Gasteiger partial charge is 0.491 e. The van der Waals surface area contributed by atoms with E-state index < -0.39 is 11.2 Å². The second kappa shape index (κ2) is 5.61. The molecule has 0 aliphatic rings. The Morgan fingerprint density at radius 1 is 1.37 bits per heavy atom.